The van der Waals surface area contributed by atoms with Crippen molar-refractivity contribution < 1.29 is 17.6 Å². The fourth-order valence-electron chi connectivity index (χ4n) is 3.97. The molecule has 1 atom stereocenters. The first kappa shape index (κ1) is 19.4. The Kier molecular flexibility index (Phi) is 4.71. The Hall–Kier alpha value is -2.58. The van der Waals surface area contributed by atoms with Gasteiger partial charge in [0.15, 0.2) is 21.3 Å². The molecule has 2 fully saturated rings. The van der Waals surface area contributed by atoms with Crippen molar-refractivity contribution in [2.75, 3.05) is 11.5 Å². The first-order valence-corrected chi connectivity index (χ1v) is 12.0. The molecule has 1 amide bonds. The van der Waals surface area contributed by atoms with Gasteiger partial charge in [-0.05, 0) is 55.7 Å². The van der Waals surface area contributed by atoms with Gasteiger partial charge in [-0.25, -0.2) is 13.1 Å². The van der Waals surface area contributed by atoms with E-state index in [0.717, 1.165) is 18.5 Å². The minimum absolute atomic E-state index is 0.0260. The normalized spacial score (nSPS) is 20.4. The molecule has 0 bridgehead atoms. The number of benzene rings is 1. The predicted octanol–water partition coefficient (Wildman–Crippen LogP) is 3.58. The zero-order valence-electron chi connectivity index (χ0n) is 16.1. The van der Waals surface area contributed by atoms with Crippen LogP contribution in [0.1, 0.15) is 29.8 Å². The van der Waals surface area contributed by atoms with Gasteiger partial charge in [0.25, 0.3) is 5.91 Å². The number of furan rings is 1. The lowest BCUT2D eigenvalue weighted by atomic mass is 10.2. The fourth-order valence-corrected chi connectivity index (χ4v) is 5.81. The van der Waals surface area contributed by atoms with Gasteiger partial charge in [0, 0.05) is 23.2 Å². The quantitative estimate of drug-likeness (QED) is 0.599. The van der Waals surface area contributed by atoms with E-state index in [9.17, 15) is 13.2 Å². The molecule has 1 saturated carbocycles. The van der Waals surface area contributed by atoms with Crippen LogP contribution in [-0.2, 0) is 9.84 Å². The number of rotatable bonds is 5. The van der Waals surface area contributed by atoms with Crippen molar-refractivity contribution in [1.82, 2.24) is 14.7 Å². The lowest BCUT2D eigenvalue weighted by Gasteiger charge is -2.27. The average molecular weight is 446 g/mol. The van der Waals surface area contributed by atoms with Crippen molar-refractivity contribution in [1.29, 1.82) is 0 Å². The highest BCUT2D eigenvalue weighted by Gasteiger charge is 2.43. The second kappa shape index (κ2) is 7.28. The van der Waals surface area contributed by atoms with Crippen molar-refractivity contribution in [2.45, 2.75) is 31.3 Å². The van der Waals surface area contributed by atoms with E-state index >= 15 is 0 Å². The molecule has 9 heteroatoms. The fraction of sp³-hybridized carbons (Fsp3) is 0.333. The average Bonchev–Trinajstić information content (AvgIpc) is 3.10. The van der Waals surface area contributed by atoms with E-state index in [0.29, 0.717) is 22.9 Å². The molecule has 30 heavy (non-hydrogen) atoms. The van der Waals surface area contributed by atoms with Crippen molar-refractivity contribution in [3.63, 3.8) is 0 Å². The summed E-state index contributed by atoms with van der Waals surface area (Å²) in [4.78, 5) is 15.2. The summed E-state index contributed by atoms with van der Waals surface area (Å²) in [6, 6.07) is 12.2. The van der Waals surface area contributed by atoms with Crippen LogP contribution in [0.4, 0.5) is 0 Å². The van der Waals surface area contributed by atoms with Gasteiger partial charge < -0.3 is 9.32 Å². The number of sulfone groups is 1. The molecule has 2 aromatic heterocycles. The molecule has 0 spiro atoms. The van der Waals surface area contributed by atoms with Gasteiger partial charge in [0.1, 0.15) is 5.69 Å². The number of hydrogen-bond donors (Lipinski definition) is 0. The summed E-state index contributed by atoms with van der Waals surface area (Å²) < 4.78 is 31.2. The Labute approximate surface area is 179 Å². The highest BCUT2D eigenvalue weighted by Crippen LogP contribution is 2.34. The Bertz CT molecular complexity index is 1180. The monoisotopic (exact) mass is 445 g/mol. The van der Waals surface area contributed by atoms with E-state index in [-0.39, 0.29) is 35.2 Å². The van der Waals surface area contributed by atoms with Crippen LogP contribution in [-0.4, -0.2) is 52.6 Å². The molecular formula is C21H20ClN3O4S. The molecule has 5 rings (SSSR count). The van der Waals surface area contributed by atoms with Crippen LogP contribution >= 0.6 is 11.6 Å². The summed E-state index contributed by atoms with van der Waals surface area (Å²) in [5, 5.41) is 5.18. The van der Waals surface area contributed by atoms with E-state index < -0.39 is 9.84 Å². The third kappa shape index (κ3) is 3.65. The Morgan fingerprint density at radius 1 is 1.13 bits per heavy atom. The first-order chi connectivity index (χ1) is 14.4. The van der Waals surface area contributed by atoms with Gasteiger partial charge in [-0.3, -0.25) is 4.79 Å². The summed E-state index contributed by atoms with van der Waals surface area (Å²) in [7, 11) is -3.09. The van der Waals surface area contributed by atoms with Gasteiger partial charge in [0.05, 0.1) is 23.5 Å². The van der Waals surface area contributed by atoms with Gasteiger partial charge in [-0.2, -0.15) is 5.10 Å². The third-order valence-electron chi connectivity index (χ3n) is 5.55. The number of halogens is 1. The first-order valence-electron chi connectivity index (χ1n) is 9.84. The molecule has 0 N–H and O–H groups in total. The van der Waals surface area contributed by atoms with Crippen LogP contribution in [0.15, 0.2) is 53.1 Å². The minimum atomic E-state index is -3.09. The lowest BCUT2D eigenvalue weighted by Crippen LogP contribution is -2.43. The summed E-state index contributed by atoms with van der Waals surface area (Å²) in [5.74, 6) is 0.501. The third-order valence-corrected chi connectivity index (χ3v) is 7.55. The Balaban J connectivity index is 1.54. The molecule has 1 aromatic carbocycles. The maximum absolute atomic E-state index is 13.4. The molecule has 2 aliphatic rings. The summed E-state index contributed by atoms with van der Waals surface area (Å²) in [5.41, 5.74) is 1.65. The Morgan fingerprint density at radius 3 is 2.50 bits per heavy atom. The highest BCUT2D eigenvalue weighted by atomic mass is 35.5. The summed E-state index contributed by atoms with van der Waals surface area (Å²) >= 11 is 6.02. The molecule has 7 nitrogen and oxygen atoms in total. The standard InChI is InChI=1S/C21H20ClN3O4S/c22-14-3-5-16(6-4-14)25-19(20-2-1-10-29-20)12-18(23-25)21(26)24(15-7-8-15)17-9-11-30(27,28)13-17/h1-6,10,12,15,17H,7-9,11,13H2. The van der Waals surface area contributed by atoms with Gasteiger partial charge in [-0.1, -0.05) is 11.6 Å². The molecular weight excluding hydrogens is 426 g/mol. The maximum Gasteiger partial charge on any atom is 0.274 e. The van der Waals surface area contributed by atoms with Crippen molar-refractivity contribution in [3.05, 3.63) is 59.4 Å². The number of carbonyl (C=O) groups is 1. The Morgan fingerprint density at radius 2 is 1.90 bits per heavy atom. The smallest absolute Gasteiger partial charge is 0.274 e. The molecule has 3 aromatic rings. The van der Waals surface area contributed by atoms with E-state index in [1.165, 1.54) is 0 Å². The predicted molar refractivity (Wildman–Crippen MR) is 113 cm³/mol. The van der Waals surface area contributed by atoms with Crippen molar-refractivity contribution in [2.24, 2.45) is 0 Å². The van der Waals surface area contributed by atoms with Crippen molar-refractivity contribution >= 4 is 27.3 Å². The zero-order valence-corrected chi connectivity index (χ0v) is 17.6. The lowest BCUT2D eigenvalue weighted by molar-refractivity contribution is 0.0674. The molecule has 1 saturated heterocycles. The molecule has 1 aliphatic heterocycles. The maximum atomic E-state index is 13.4. The van der Waals surface area contributed by atoms with Crippen LogP contribution in [0, 0.1) is 0 Å². The second-order valence-electron chi connectivity index (χ2n) is 7.78. The molecule has 1 aliphatic carbocycles. The number of carbonyl (C=O) groups excluding carboxylic acids is 1. The highest BCUT2D eigenvalue weighted by molar-refractivity contribution is 7.91. The molecule has 1 unspecified atom stereocenters. The zero-order chi connectivity index (χ0) is 20.9. The van der Waals surface area contributed by atoms with Crippen LogP contribution in [0.25, 0.3) is 17.1 Å². The van der Waals surface area contributed by atoms with E-state index in [1.54, 1.807) is 46.2 Å². The minimum Gasteiger partial charge on any atom is -0.463 e. The molecule has 0 radical (unpaired) electrons. The summed E-state index contributed by atoms with van der Waals surface area (Å²) in [6.45, 7) is 0. The van der Waals surface area contributed by atoms with E-state index in [2.05, 4.69) is 5.10 Å². The molecule has 3 heterocycles. The van der Waals surface area contributed by atoms with Crippen LogP contribution in [0.2, 0.25) is 5.02 Å². The number of amides is 1. The van der Waals surface area contributed by atoms with E-state index in [4.69, 9.17) is 16.0 Å². The van der Waals surface area contributed by atoms with Gasteiger partial charge in [-0.15, -0.1) is 0 Å². The number of nitrogens with zero attached hydrogens (tertiary/aromatic N) is 3. The van der Waals surface area contributed by atoms with Crippen LogP contribution < -0.4 is 0 Å². The SMILES string of the molecule is O=C(c1cc(-c2ccco2)n(-c2ccc(Cl)cc2)n1)N(C1CC1)C1CCS(=O)(=O)C1. The van der Waals surface area contributed by atoms with Gasteiger partial charge >= 0.3 is 0 Å². The topological polar surface area (TPSA) is 85.4 Å². The van der Waals surface area contributed by atoms with Gasteiger partial charge in [0.2, 0.25) is 0 Å². The number of hydrogen-bond acceptors (Lipinski definition) is 5. The van der Waals surface area contributed by atoms with E-state index in [1.807, 2.05) is 12.1 Å². The van der Waals surface area contributed by atoms with Crippen LogP contribution in [0.3, 0.4) is 0 Å². The second-order valence-corrected chi connectivity index (χ2v) is 10.4. The summed E-state index contributed by atoms with van der Waals surface area (Å²) in [6.07, 6.45) is 3.83. The largest absolute Gasteiger partial charge is 0.463 e. The molecule has 156 valence electrons. The van der Waals surface area contributed by atoms with Crippen molar-refractivity contribution in [3.8, 4) is 17.1 Å². The van der Waals surface area contributed by atoms with Crippen LogP contribution in [0.5, 0.6) is 0 Å². The number of aromatic nitrogens is 2.